The van der Waals surface area contributed by atoms with Crippen LogP contribution in [0.3, 0.4) is 0 Å². The van der Waals surface area contributed by atoms with Crippen LogP contribution in [0.2, 0.25) is 5.02 Å². The van der Waals surface area contributed by atoms with Crippen molar-refractivity contribution < 1.29 is 14.3 Å². The molecule has 1 N–H and O–H groups in total. The first-order valence-corrected chi connectivity index (χ1v) is 15.7. The summed E-state index contributed by atoms with van der Waals surface area (Å²) in [6.45, 7) is 8.06. The molecule has 2 saturated heterocycles. The smallest absolute Gasteiger partial charge is 0.256 e. The van der Waals surface area contributed by atoms with E-state index in [-0.39, 0.29) is 18.2 Å². The summed E-state index contributed by atoms with van der Waals surface area (Å²) >= 11 is 11.9. The summed E-state index contributed by atoms with van der Waals surface area (Å²) in [5.41, 5.74) is 2.55. The number of carbonyl (C=O) groups excluding carboxylic acids is 2. The normalized spacial score (nSPS) is 17.4. The highest BCUT2D eigenvalue weighted by atomic mass is 35.5. The Balaban J connectivity index is 1.21. The molecule has 0 unspecified atom stereocenters. The first-order chi connectivity index (χ1) is 20.9. The number of nitrogens with zero attached hydrogens (tertiary/aromatic N) is 4. The molecular weight excluding hydrogens is 582 g/mol. The van der Waals surface area contributed by atoms with Crippen LogP contribution in [0.5, 0.6) is 5.75 Å². The number of para-hydroxylation sites is 1. The van der Waals surface area contributed by atoms with Crippen molar-refractivity contribution in [2.45, 2.75) is 32.2 Å². The van der Waals surface area contributed by atoms with Crippen LogP contribution in [0.25, 0.3) is 0 Å². The van der Waals surface area contributed by atoms with E-state index in [1.54, 1.807) is 36.4 Å². The molecule has 1 atom stereocenters. The summed E-state index contributed by atoms with van der Waals surface area (Å²) in [5, 5.41) is 3.92. The van der Waals surface area contributed by atoms with Crippen molar-refractivity contribution in [3.05, 3.63) is 83.9 Å². The van der Waals surface area contributed by atoms with Crippen molar-refractivity contribution >= 4 is 57.8 Å². The van der Waals surface area contributed by atoms with Crippen molar-refractivity contribution in [1.29, 1.82) is 0 Å². The first kappa shape index (κ1) is 30.8. The van der Waals surface area contributed by atoms with Crippen LogP contribution in [-0.4, -0.2) is 78.6 Å². The Morgan fingerprint density at radius 2 is 1.63 bits per heavy atom. The third kappa shape index (κ3) is 7.84. The molecule has 2 amide bonds. The summed E-state index contributed by atoms with van der Waals surface area (Å²) in [5.74, 6) is 0.299. The van der Waals surface area contributed by atoms with Gasteiger partial charge in [-0.25, -0.2) is 0 Å². The molecule has 8 nitrogen and oxygen atoms in total. The van der Waals surface area contributed by atoms with Crippen molar-refractivity contribution in [2.75, 3.05) is 61.0 Å². The lowest BCUT2D eigenvalue weighted by Crippen LogP contribution is -2.47. The number of rotatable bonds is 12. The number of hydrogen-bond acceptors (Lipinski definition) is 6. The molecule has 0 spiro atoms. The molecule has 226 valence electrons. The van der Waals surface area contributed by atoms with E-state index in [1.807, 2.05) is 23.1 Å². The Bertz CT molecular complexity index is 1380. The molecule has 3 aromatic rings. The fraction of sp³-hybridized carbons (Fsp3) is 0.364. The Hall–Kier alpha value is -3.66. The second-order valence-electron chi connectivity index (χ2n) is 10.8. The van der Waals surface area contributed by atoms with Gasteiger partial charge in [0.25, 0.3) is 5.91 Å². The van der Waals surface area contributed by atoms with Gasteiger partial charge in [-0.3, -0.25) is 19.4 Å². The first-order valence-electron chi connectivity index (χ1n) is 14.9. The van der Waals surface area contributed by atoms with Crippen molar-refractivity contribution in [2.24, 2.45) is 0 Å². The highest BCUT2D eigenvalue weighted by Crippen LogP contribution is 2.29. The number of amides is 2. The van der Waals surface area contributed by atoms with Gasteiger partial charge in [-0.05, 0) is 92.3 Å². The minimum absolute atomic E-state index is 0.00704. The molecule has 5 rings (SSSR count). The van der Waals surface area contributed by atoms with E-state index in [9.17, 15) is 9.59 Å². The molecule has 2 aliphatic rings. The van der Waals surface area contributed by atoms with Crippen LogP contribution in [0.4, 0.5) is 17.1 Å². The number of nitrogens with one attached hydrogen (secondary N) is 1. The number of hydrogen-bond donors (Lipinski definition) is 1. The Morgan fingerprint density at radius 3 is 2.30 bits per heavy atom. The molecule has 2 heterocycles. The van der Waals surface area contributed by atoms with Gasteiger partial charge in [0.2, 0.25) is 5.91 Å². The van der Waals surface area contributed by atoms with Gasteiger partial charge in [0.05, 0.1) is 18.7 Å². The van der Waals surface area contributed by atoms with E-state index in [0.29, 0.717) is 34.7 Å². The summed E-state index contributed by atoms with van der Waals surface area (Å²) < 4.78 is 5.63. The molecule has 43 heavy (non-hydrogen) atoms. The van der Waals surface area contributed by atoms with Gasteiger partial charge in [-0.15, -0.1) is 0 Å². The lowest BCUT2D eigenvalue weighted by Gasteiger charge is -2.36. The van der Waals surface area contributed by atoms with Gasteiger partial charge < -0.3 is 19.9 Å². The van der Waals surface area contributed by atoms with Crippen LogP contribution in [-0.2, 0) is 9.59 Å². The second kappa shape index (κ2) is 14.7. The molecule has 0 aliphatic carbocycles. The fourth-order valence-electron chi connectivity index (χ4n) is 5.49. The van der Waals surface area contributed by atoms with E-state index in [1.165, 1.54) is 10.6 Å². The number of ether oxygens (including phenoxy) is 1. The summed E-state index contributed by atoms with van der Waals surface area (Å²) in [6.07, 6.45) is 1.74. The zero-order chi connectivity index (χ0) is 30.2. The van der Waals surface area contributed by atoms with Crippen molar-refractivity contribution in [3.8, 4) is 5.75 Å². The standard InChI is InChI=1S/C33H38ClN5O3S/c1-2-23-42-29-15-11-26(12-16-29)35-31(40)24-30-32(41)39(28-13-9-25(34)10-14-28)33(43)38(30)18-6-17-36-19-21-37(22-20-36)27-7-4-3-5-8-27/h3-5,7-16,30H,2,6,17-24H2,1H3,(H,35,40)/t30-/m1/s1. The van der Waals surface area contributed by atoms with Crippen molar-refractivity contribution in [3.63, 3.8) is 0 Å². The Labute approximate surface area is 264 Å². The maximum Gasteiger partial charge on any atom is 0.256 e. The zero-order valence-electron chi connectivity index (χ0n) is 24.5. The van der Waals surface area contributed by atoms with Crippen molar-refractivity contribution in [1.82, 2.24) is 9.80 Å². The van der Waals surface area contributed by atoms with Gasteiger partial charge >= 0.3 is 0 Å². The average molecular weight is 620 g/mol. The van der Waals surface area contributed by atoms with Crippen LogP contribution in [0.15, 0.2) is 78.9 Å². The van der Waals surface area contributed by atoms with Gasteiger partial charge in [0, 0.05) is 49.1 Å². The second-order valence-corrected chi connectivity index (χ2v) is 11.6. The zero-order valence-corrected chi connectivity index (χ0v) is 26.0. The fourth-order valence-corrected chi connectivity index (χ4v) is 6.03. The third-order valence-electron chi connectivity index (χ3n) is 7.76. The third-order valence-corrected chi connectivity index (χ3v) is 8.43. The monoisotopic (exact) mass is 619 g/mol. The minimum Gasteiger partial charge on any atom is -0.494 e. The highest BCUT2D eigenvalue weighted by Gasteiger charge is 2.44. The lowest BCUT2D eigenvalue weighted by atomic mass is 10.1. The Kier molecular flexibility index (Phi) is 10.5. The number of carbonyl (C=O) groups is 2. The molecule has 0 radical (unpaired) electrons. The number of benzene rings is 3. The van der Waals surface area contributed by atoms with E-state index in [2.05, 4.69) is 46.3 Å². The van der Waals surface area contributed by atoms with E-state index < -0.39 is 6.04 Å². The average Bonchev–Trinajstić information content (AvgIpc) is 3.25. The SMILES string of the molecule is CCCOc1ccc(NC(=O)C[C@@H]2C(=O)N(c3ccc(Cl)cc3)C(=S)N2CCCN2CCN(c3ccccc3)CC2)cc1. The summed E-state index contributed by atoms with van der Waals surface area (Å²) in [6, 6.07) is 24.1. The number of anilines is 3. The molecule has 0 bridgehead atoms. The van der Waals surface area contributed by atoms with E-state index in [4.69, 9.17) is 28.6 Å². The number of piperazine rings is 1. The van der Waals surface area contributed by atoms with Crippen LogP contribution < -0.4 is 19.9 Å². The van der Waals surface area contributed by atoms with Gasteiger partial charge in [-0.1, -0.05) is 36.7 Å². The molecule has 3 aromatic carbocycles. The predicted molar refractivity (Wildman–Crippen MR) is 177 cm³/mol. The maximum absolute atomic E-state index is 13.7. The van der Waals surface area contributed by atoms with Gasteiger partial charge in [0.15, 0.2) is 5.11 Å². The Morgan fingerprint density at radius 1 is 0.930 bits per heavy atom. The molecule has 0 saturated carbocycles. The topological polar surface area (TPSA) is 68.4 Å². The molecular formula is C33H38ClN5O3S. The molecule has 2 fully saturated rings. The summed E-state index contributed by atoms with van der Waals surface area (Å²) in [4.78, 5) is 35.2. The van der Waals surface area contributed by atoms with Gasteiger partial charge in [0.1, 0.15) is 11.8 Å². The molecule has 0 aromatic heterocycles. The quantitative estimate of drug-likeness (QED) is 0.262. The highest BCUT2D eigenvalue weighted by molar-refractivity contribution is 7.80. The number of halogens is 1. The largest absolute Gasteiger partial charge is 0.494 e. The van der Waals surface area contributed by atoms with Crippen LogP contribution >= 0.6 is 23.8 Å². The van der Waals surface area contributed by atoms with Crippen LogP contribution in [0.1, 0.15) is 26.2 Å². The van der Waals surface area contributed by atoms with Gasteiger partial charge in [-0.2, -0.15) is 0 Å². The lowest BCUT2D eigenvalue weighted by molar-refractivity contribution is -0.124. The summed E-state index contributed by atoms with van der Waals surface area (Å²) in [7, 11) is 0. The van der Waals surface area contributed by atoms with E-state index in [0.717, 1.165) is 51.3 Å². The molecule has 2 aliphatic heterocycles. The van der Waals surface area contributed by atoms with E-state index >= 15 is 0 Å². The minimum atomic E-state index is -0.690. The molecule has 10 heteroatoms. The number of thiocarbonyl (C=S) groups is 1. The van der Waals surface area contributed by atoms with Crippen LogP contribution in [0, 0.1) is 0 Å². The maximum atomic E-state index is 13.7. The predicted octanol–water partition coefficient (Wildman–Crippen LogP) is 5.67.